The van der Waals surface area contributed by atoms with Gasteiger partial charge >= 0.3 is 0 Å². The van der Waals surface area contributed by atoms with Crippen molar-refractivity contribution >= 4 is 37.5 Å². The van der Waals surface area contributed by atoms with Gasteiger partial charge in [0.25, 0.3) is 0 Å². The minimum atomic E-state index is 0.113. The summed E-state index contributed by atoms with van der Waals surface area (Å²) in [4.78, 5) is 0. The summed E-state index contributed by atoms with van der Waals surface area (Å²) in [7, 11) is 0. The van der Waals surface area contributed by atoms with E-state index in [1.165, 1.54) is 11.1 Å². The van der Waals surface area contributed by atoms with E-state index in [0.717, 1.165) is 14.6 Å². The maximum absolute atomic E-state index is 5.88. The maximum Gasteiger partial charge on any atom is 0.0636 e. The third kappa shape index (κ3) is 4.06. The van der Waals surface area contributed by atoms with Crippen LogP contribution in [0.3, 0.4) is 0 Å². The molecule has 0 bridgehead atoms. The molecule has 0 saturated carbocycles. The Hall–Kier alpha value is -0.840. The van der Waals surface area contributed by atoms with E-state index < -0.39 is 0 Å². The summed E-state index contributed by atoms with van der Waals surface area (Å²) in [5.74, 6) is 0. The van der Waals surface area contributed by atoms with Crippen LogP contribution in [0.25, 0.3) is 0 Å². The van der Waals surface area contributed by atoms with Crippen LogP contribution in [0.1, 0.15) is 17.2 Å². The lowest BCUT2D eigenvalue weighted by Crippen LogP contribution is -2.20. The fourth-order valence-corrected chi connectivity index (χ4v) is 2.87. The van der Waals surface area contributed by atoms with Crippen molar-refractivity contribution in [2.24, 2.45) is 5.73 Å². The number of anilines is 1. The van der Waals surface area contributed by atoms with E-state index in [4.69, 9.17) is 5.73 Å². The first-order chi connectivity index (χ1) is 9.08. The molecule has 0 fully saturated rings. The van der Waals surface area contributed by atoms with Gasteiger partial charge in [-0.25, -0.2) is 0 Å². The highest BCUT2D eigenvalue weighted by atomic mass is 79.9. The van der Waals surface area contributed by atoms with Gasteiger partial charge in [0.1, 0.15) is 0 Å². The lowest BCUT2D eigenvalue weighted by atomic mass is 10.1. The molecule has 2 rings (SSSR count). The van der Waals surface area contributed by atoms with Crippen molar-refractivity contribution in [1.82, 2.24) is 0 Å². The highest BCUT2D eigenvalue weighted by molar-refractivity contribution is 9.10. The van der Waals surface area contributed by atoms with Crippen LogP contribution in [0.5, 0.6) is 0 Å². The van der Waals surface area contributed by atoms with Crippen molar-refractivity contribution in [2.45, 2.75) is 13.0 Å². The Balaban J connectivity index is 2.21. The van der Waals surface area contributed by atoms with Crippen LogP contribution in [0.4, 0.5) is 5.69 Å². The minimum Gasteiger partial charge on any atom is -0.377 e. The molecule has 4 heteroatoms. The van der Waals surface area contributed by atoms with Gasteiger partial charge in [0.15, 0.2) is 0 Å². The summed E-state index contributed by atoms with van der Waals surface area (Å²) in [6, 6.07) is 14.6. The molecular weight excluding hydrogens is 368 g/mol. The lowest BCUT2D eigenvalue weighted by Gasteiger charge is -2.19. The van der Waals surface area contributed by atoms with Gasteiger partial charge in [-0.05, 0) is 48.4 Å². The van der Waals surface area contributed by atoms with E-state index >= 15 is 0 Å². The topological polar surface area (TPSA) is 38.0 Å². The molecule has 1 atom stereocenters. The molecule has 0 aromatic heterocycles. The van der Waals surface area contributed by atoms with E-state index in [1.807, 2.05) is 12.1 Å². The molecule has 100 valence electrons. The van der Waals surface area contributed by atoms with Crippen LogP contribution in [0.15, 0.2) is 51.4 Å². The maximum atomic E-state index is 5.88. The third-order valence-electron chi connectivity index (χ3n) is 2.89. The standard InChI is InChI=1S/C15H16Br2N2/c1-10-6-13(17)8-14(7-10)19-15(9-18)11-2-4-12(16)5-3-11/h2-8,15,19H,9,18H2,1H3. The zero-order valence-corrected chi connectivity index (χ0v) is 13.8. The first kappa shape index (κ1) is 14.6. The smallest absolute Gasteiger partial charge is 0.0636 e. The largest absolute Gasteiger partial charge is 0.377 e. The molecule has 2 aromatic rings. The third-order valence-corrected chi connectivity index (χ3v) is 3.88. The summed E-state index contributed by atoms with van der Waals surface area (Å²) in [5, 5.41) is 3.48. The van der Waals surface area contributed by atoms with Crippen molar-refractivity contribution in [3.05, 3.63) is 62.5 Å². The zero-order chi connectivity index (χ0) is 13.8. The predicted octanol–water partition coefficient (Wildman–Crippen LogP) is 4.63. The van der Waals surface area contributed by atoms with Gasteiger partial charge in [-0.1, -0.05) is 44.0 Å². The quantitative estimate of drug-likeness (QED) is 0.807. The fraction of sp³-hybridized carbons (Fsp3) is 0.200. The van der Waals surface area contributed by atoms with Crippen LogP contribution < -0.4 is 11.1 Å². The highest BCUT2D eigenvalue weighted by Crippen LogP contribution is 2.24. The molecule has 0 radical (unpaired) electrons. The van der Waals surface area contributed by atoms with E-state index in [-0.39, 0.29) is 6.04 Å². The zero-order valence-electron chi connectivity index (χ0n) is 10.7. The number of rotatable bonds is 4. The molecule has 0 saturated heterocycles. The molecule has 0 aliphatic rings. The Bertz CT molecular complexity index is 532. The predicted molar refractivity (Wildman–Crippen MR) is 88.4 cm³/mol. The normalized spacial score (nSPS) is 12.2. The van der Waals surface area contributed by atoms with Crippen LogP contribution in [0.2, 0.25) is 0 Å². The molecule has 1 unspecified atom stereocenters. The molecule has 19 heavy (non-hydrogen) atoms. The summed E-state index contributed by atoms with van der Waals surface area (Å²) in [6.07, 6.45) is 0. The number of hydrogen-bond acceptors (Lipinski definition) is 2. The molecule has 0 heterocycles. The number of nitrogens with two attached hydrogens (primary N) is 1. The van der Waals surface area contributed by atoms with Gasteiger partial charge in [0.2, 0.25) is 0 Å². The first-order valence-corrected chi connectivity index (χ1v) is 7.66. The molecule has 0 spiro atoms. The van der Waals surface area contributed by atoms with Crippen molar-refractivity contribution < 1.29 is 0 Å². The molecule has 0 aliphatic heterocycles. The molecule has 3 N–H and O–H groups in total. The van der Waals surface area contributed by atoms with Crippen LogP contribution in [0, 0.1) is 6.92 Å². The number of nitrogens with one attached hydrogen (secondary N) is 1. The van der Waals surface area contributed by atoms with Crippen molar-refractivity contribution in [3.63, 3.8) is 0 Å². The van der Waals surface area contributed by atoms with Gasteiger partial charge in [-0.15, -0.1) is 0 Å². The molecule has 2 nitrogen and oxygen atoms in total. The van der Waals surface area contributed by atoms with E-state index in [0.29, 0.717) is 6.54 Å². The summed E-state index contributed by atoms with van der Waals surface area (Å²) in [6.45, 7) is 2.63. The van der Waals surface area contributed by atoms with Gasteiger partial charge in [0.05, 0.1) is 6.04 Å². The number of halogens is 2. The molecular formula is C15H16Br2N2. The number of hydrogen-bond donors (Lipinski definition) is 2. The van der Waals surface area contributed by atoms with Gasteiger partial charge < -0.3 is 11.1 Å². The second-order valence-electron chi connectivity index (χ2n) is 4.50. The lowest BCUT2D eigenvalue weighted by molar-refractivity contribution is 0.789. The Morgan fingerprint density at radius 2 is 1.74 bits per heavy atom. The second kappa shape index (κ2) is 6.55. The Morgan fingerprint density at radius 3 is 2.32 bits per heavy atom. The first-order valence-electron chi connectivity index (χ1n) is 6.08. The molecule has 0 aliphatic carbocycles. The van der Waals surface area contributed by atoms with Gasteiger partial charge in [-0.2, -0.15) is 0 Å². The Labute approximate surface area is 130 Å². The average molecular weight is 384 g/mol. The summed E-state index contributed by atoms with van der Waals surface area (Å²) >= 11 is 6.96. The van der Waals surface area contributed by atoms with Crippen LogP contribution >= 0.6 is 31.9 Å². The van der Waals surface area contributed by atoms with Crippen LogP contribution in [-0.4, -0.2) is 6.54 Å². The van der Waals surface area contributed by atoms with Gasteiger partial charge in [-0.3, -0.25) is 0 Å². The monoisotopic (exact) mass is 382 g/mol. The number of aryl methyl sites for hydroxylation is 1. The summed E-state index contributed by atoms with van der Waals surface area (Å²) in [5.41, 5.74) is 9.35. The molecule has 0 amide bonds. The second-order valence-corrected chi connectivity index (χ2v) is 6.33. The number of benzene rings is 2. The van der Waals surface area contributed by atoms with E-state index in [9.17, 15) is 0 Å². The van der Waals surface area contributed by atoms with E-state index in [2.05, 4.69) is 74.4 Å². The SMILES string of the molecule is Cc1cc(Br)cc(NC(CN)c2ccc(Br)cc2)c1. The average Bonchev–Trinajstić information content (AvgIpc) is 2.36. The fourth-order valence-electron chi connectivity index (χ4n) is 1.99. The van der Waals surface area contributed by atoms with Crippen LogP contribution in [-0.2, 0) is 0 Å². The van der Waals surface area contributed by atoms with Gasteiger partial charge in [0, 0.05) is 21.2 Å². The molecule has 2 aromatic carbocycles. The van der Waals surface area contributed by atoms with Crippen molar-refractivity contribution in [3.8, 4) is 0 Å². The Kier molecular flexibility index (Phi) is 5.02. The van der Waals surface area contributed by atoms with E-state index in [1.54, 1.807) is 0 Å². The highest BCUT2D eigenvalue weighted by Gasteiger charge is 2.09. The minimum absolute atomic E-state index is 0.113. The van der Waals surface area contributed by atoms with Crippen molar-refractivity contribution in [2.75, 3.05) is 11.9 Å². The Morgan fingerprint density at radius 1 is 1.05 bits per heavy atom. The summed E-state index contributed by atoms with van der Waals surface area (Å²) < 4.78 is 2.15. The van der Waals surface area contributed by atoms with Crippen molar-refractivity contribution in [1.29, 1.82) is 0 Å².